The fourth-order valence-electron chi connectivity index (χ4n) is 1.61. The smallest absolute Gasteiger partial charge is 0.346 e. The summed E-state index contributed by atoms with van der Waals surface area (Å²) in [5, 5.41) is 11.3. The summed E-state index contributed by atoms with van der Waals surface area (Å²) in [6, 6.07) is -1.45. The number of carboxylic acid groups (broad SMARTS) is 1. The first kappa shape index (κ1) is 16.7. The molecule has 0 bridgehead atoms. The minimum Gasteiger partial charge on any atom is -0.480 e. The van der Waals surface area contributed by atoms with Gasteiger partial charge in [0.25, 0.3) is 5.91 Å². The lowest BCUT2D eigenvalue weighted by Crippen LogP contribution is -2.44. The van der Waals surface area contributed by atoms with Gasteiger partial charge < -0.3 is 21.1 Å². The SMILES string of the molecule is CSc1nc(=O)[nH]c(C)c1C(=O)N[C@@H](CC(N)=O)C(=O)O. The van der Waals surface area contributed by atoms with Crippen LogP contribution < -0.4 is 16.7 Å². The van der Waals surface area contributed by atoms with Crippen LogP contribution in [0.4, 0.5) is 0 Å². The van der Waals surface area contributed by atoms with E-state index in [4.69, 9.17) is 10.8 Å². The fourth-order valence-corrected chi connectivity index (χ4v) is 2.23. The molecule has 0 aliphatic heterocycles. The van der Waals surface area contributed by atoms with Gasteiger partial charge in [0.05, 0.1) is 12.0 Å². The molecular weight excluding hydrogens is 300 g/mol. The highest BCUT2D eigenvalue weighted by Gasteiger charge is 2.25. The van der Waals surface area contributed by atoms with Crippen molar-refractivity contribution >= 4 is 29.5 Å². The van der Waals surface area contributed by atoms with Gasteiger partial charge in [-0.3, -0.25) is 9.59 Å². The summed E-state index contributed by atoms with van der Waals surface area (Å²) in [7, 11) is 0. The lowest BCUT2D eigenvalue weighted by atomic mass is 10.1. The molecule has 5 N–H and O–H groups in total. The number of hydrogen-bond acceptors (Lipinski definition) is 6. The number of aromatic amines is 1. The highest BCUT2D eigenvalue weighted by atomic mass is 32.2. The van der Waals surface area contributed by atoms with Crippen molar-refractivity contribution < 1.29 is 19.5 Å². The van der Waals surface area contributed by atoms with Crippen molar-refractivity contribution in [1.82, 2.24) is 15.3 Å². The second-order valence-corrected chi connectivity index (χ2v) is 4.88. The van der Waals surface area contributed by atoms with Gasteiger partial charge in [-0.25, -0.2) is 9.59 Å². The Balaban J connectivity index is 3.11. The number of thioether (sulfide) groups is 1. The summed E-state index contributed by atoms with van der Waals surface area (Å²) in [6.45, 7) is 1.49. The summed E-state index contributed by atoms with van der Waals surface area (Å²) in [5.41, 5.74) is 4.63. The van der Waals surface area contributed by atoms with E-state index in [0.29, 0.717) is 0 Å². The Labute approximate surface area is 123 Å². The first-order chi connectivity index (χ1) is 9.76. The molecular formula is C11H14N4O5S. The number of carboxylic acids is 1. The molecule has 0 aromatic carbocycles. The van der Waals surface area contributed by atoms with Gasteiger partial charge in [0.1, 0.15) is 11.1 Å². The van der Waals surface area contributed by atoms with Crippen LogP contribution in [0.15, 0.2) is 9.82 Å². The summed E-state index contributed by atoms with van der Waals surface area (Å²) in [4.78, 5) is 51.2. The van der Waals surface area contributed by atoms with Crippen LogP contribution in [0.3, 0.4) is 0 Å². The van der Waals surface area contributed by atoms with Crippen LogP contribution in [-0.2, 0) is 9.59 Å². The van der Waals surface area contributed by atoms with E-state index in [0.717, 1.165) is 11.8 Å². The number of primary amides is 1. The molecule has 2 amide bonds. The van der Waals surface area contributed by atoms with Crippen molar-refractivity contribution in [3.8, 4) is 0 Å². The van der Waals surface area contributed by atoms with E-state index >= 15 is 0 Å². The van der Waals surface area contributed by atoms with Gasteiger partial charge in [-0.2, -0.15) is 4.98 Å². The number of nitrogens with zero attached hydrogens (tertiary/aromatic N) is 1. The second kappa shape index (κ2) is 6.88. The lowest BCUT2D eigenvalue weighted by Gasteiger charge is -2.15. The summed E-state index contributed by atoms with van der Waals surface area (Å²) in [5.74, 6) is -3.00. The molecule has 0 spiro atoms. The zero-order valence-electron chi connectivity index (χ0n) is 11.3. The van der Waals surface area contributed by atoms with Crippen molar-refractivity contribution in [3.05, 3.63) is 21.7 Å². The van der Waals surface area contributed by atoms with E-state index < -0.39 is 35.9 Å². The number of amides is 2. The number of rotatable bonds is 6. The Morgan fingerprint density at radius 3 is 2.57 bits per heavy atom. The monoisotopic (exact) mass is 314 g/mol. The Hall–Kier alpha value is -2.36. The summed E-state index contributed by atoms with van der Waals surface area (Å²) in [6.07, 6.45) is 1.08. The Kier molecular flexibility index (Phi) is 5.47. The topological polar surface area (TPSA) is 155 Å². The Bertz CT molecular complexity index is 642. The molecule has 9 nitrogen and oxygen atoms in total. The summed E-state index contributed by atoms with van der Waals surface area (Å²) < 4.78 is 0. The highest BCUT2D eigenvalue weighted by molar-refractivity contribution is 7.98. The number of hydrogen-bond donors (Lipinski definition) is 4. The lowest BCUT2D eigenvalue weighted by molar-refractivity contribution is -0.140. The van der Waals surface area contributed by atoms with Crippen molar-refractivity contribution in [3.63, 3.8) is 0 Å². The van der Waals surface area contributed by atoms with Crippen LogP contribution in [0.2, 0.25) is 0 Å². The maximum atomic E-state index is 12.2. The molecule has 0 radical (unpaired) electrons. The van der Waals surface area contributed by atoms with Gasteiger partial charge in [0.15, 0.2) is 0 Å². The first-order valence-corrected chi connectivity index (χ1v) is 6.95. The predicted octanol–water partition coefficient (Wildman–Crippen LogP) is -1.14. The highest BCUT2D eigenvalue weighted by Crippen LogP contribution is 2.18. The van der Waals surface area contributed by atoms with E-state index in [1.54, 1.807) is 6.26 Å². The molecule has 0 unspecified atom stereocenters. The third-order valence-electron chi connectivity index (χ3n) is 2.52. The van der Waals surface area contributed by atoms with E-state index in [1.807, 2.05) is 0 Å². The van der Waals surface area contributed by atoms with Crippen LogP contribution >= 0.6 is 11.8 Å². The average Bonchev–Trinajstić information content (AvgIpc) is 2.35. The van der Waals surface area contributed by atoms with E-state index in [-0.39, 0.29) is 16.3 Å². The van der Waals surface area contributed by atoms with Gasteiger partial charge in [0.2, 0.25) is 5.91 Å². The third-order valence-corrected chi connectivity index (χ3v) is 3.20. The van der Waals surface area contributed by atoms with Crippen molar-refractivity contribution in [2.24, 2.45) is 5.73 Å². The third kappa shape index (κ3) is 4.31. The first-order valence-electron chi connectivity index (χ1n) is 5.73. The van der Waals surface area contributed by atoms with Crippen molar-refractivity contribution in [2.45, 2.75) is 24.4 Å². The molecule has 1 atom stereocenters. The zero-order valence-corrected chi connectivity index (χ0v) is 12.1. The molecule has 0 saturated carbocycles. The molecule has 1 rings (SSSR count). The maximum absolute atomic E-state index is 12.2. The number of aryl methyl sites for hydroxylation is 1. The van der Waals surface area contributed by atoms with Crippen LogP contribution in [0.25, 0.3) is 0 Å². The molecule has 0 aliphatic carbocycles. The normalized spacial score (nSPS) is 11.7. The molecule has 1 aromatic heterocycles. The van der Waals surface area contributed by atoms with Crippen LogP contribution in [0.1, 0.15) is 22.5 Å². The minimum atomic E-state index is -1.45. The summed E-state index contributed by atoms with van der Waals surface area (Å²) >= 11 is 1.07. The van der Waals surface area contributed by atoms with E-state index in [9.17, 15) is 19.2 Å². The van der Waals surface area contributed by atoms with Crippen molar-refractivity contribution in [1.29, 1.82) is 0 Å². The molecule has 114 valence electrons. The molecule has 21 heavy (non-hydrogen) atoms. The Morgan fingerprint density at radius 1 is 1.48 bits per heavy atom. The molecule has 10 heteroatoms. The zero-order chi connectivity index (χ0) is 16.2. The van der Waals surface area contributed by atoms with Crippen LogP contribution in [0.5, 0.6) is 0 Å². The minimum absolute atomic E-state index is 0.0535. The molecule has 1 aromatic rings. The molecule has 0 fully saturated rings. The largest absolute Gasteiger partial charge is 0.480 e. The van der Waals surface area contributed by atoms with Gasteiger partial charge in [-0.1, -0.05) is 0 Å². The average molecular weight is 314 g/mol. The number of nitrogens with two attached hydrogens (primary N) is 1. The molecule has 1 heterocycles. The van der Waals surface area contributed by atoms with Crippen LogP contribution in [-0.4, -0.2) is 45.2 Å². The number of nitrogens with one attached hydrogen (secondary N) is 2. The molecule has 0 saturated heterocycles. The number of aliphatic carboxylic acids is 1. The fraction of sp³-hybridized carbons (Fsp3) is 0.364. The standard InChI is InChI=1S/C11H14N4O5S/c1-4-7(9(21-2)15-11(20)13-4)8(17)14-5(10(18)19)3-6(12)16/h5H,3H2,1-2H3,(H2,12,16)(H,14,17)(H,18,19)(H,13,15,20)/t5-/m0/s1. The molecule has 0 aliphatic rings. The maximum Gasteiger partial charge on any atom is 0.346 e. The van der Waals surface area contributed by atoms with Gasteiger partial charge in [-0.15, -0.1) is 11.8 Å². The van der Waals surface area contributed by atoms with Gasteiger partial charge >= 0.3 is 11.7 Å². The Morgan fingerprint density at radius 2 is 2.10 bits per heavy atom. The van der Waals surface area contributed by atoms with E-state index in [1.165, 1.54) is 6.92 Å². The number of carbonyl (C=O) groups is 3. The van der Waals surface area contributed by atoms with E-state index in [2.05, 4.69) is 15.3 Å². The van der Waals surface area contributed by atoms with Crippen molar-refractivity contribution in [2.75, 3.05) is 6.26 Å². The van der Waals surface area contributed by atoms with Crippen LogP contribution in [0, 0.1) is 6.92 Å². The quantitative estimate of drug-likeness (QED) is 0.382. The predicted molar refractivity (Wildman–Crippen MR) is 74.1 cm³/mol. The van der Waals surface area contributed by atoms with Gasteiger partial charge in [0, 0.05) is 5.69 Å². The number of aromatic nitrogens is 2. The second-order valence-electron chi connectivity index (χ2n) is 4.09. The van der Waals surface area contributed by atoms with Gasteiger partial charge in [-0.05, 0) is 13.2 Å². The number of H-pyrrole nitrogens is 1. The number of carbonyl (C=O) groups excluding carboxylic acids is 2.